The molecule has 1 heteroatoms. The molecule has 2 saturated carbocycles. The predicted octanol–water partition coefficient (Wildman–Crippen LogP) is 3.45. The average molecular weight is 209 g/mol. The monoisotopic (exact) mass is 209 g/mol. The highest BCUT2D eigenvalue weighted by atomic mass is 15.0. The second-order valence-electron chi connectivity index (χ2n) is 7.24. The normalized spacial score (nSPS) is 51.0. The first-order chi connectivity index (χ1) is 6.65. The molecule has 2 rings (SSSR count). The number of nitrogens with one attached hydrogen (secondary N) is 1. The van der Waals surface area contributed by atoms with Gasteiger partial charge in [0.1, 0.15) is 0 Å². The smallest absolute Gasteiger partial charge is 0.0263 e. The summed E-state index contributed by atoms with van der Waals surface area (Å²) in [5.74, 6) is 0.854. The molecule has 0 unspecified atom stereocenters. The molecule has 0 aliphatic heterocycles. The second kappa shape index (κ2) is 2.61. The average Bonchev–Trinajstić information content (AvgIpc) is 2.40. The molecule has 2 bridgehead atoms. The van der Waals surface area contributed by atoms with Crippen molar-refractivity contribution in [2.75, 3.05) is 7.05 Å². The highest BCUT2D eigenvalue weighted by Crippen LogP contribution is 2.75. The molecule has 0 saturated heterocycles. The summed E-state index contributed by atoms with van der Waals surface area (Å²) >= 11 is 0. The van der Waals surface area contributed by atoms with E-state index in [1.165, 1.54) is 12.8 Å². The Morgan fingerprint density at radius 2 is 1.47 bits per heavy atom. The quantitative estimate of drug-likeness (QED) is 0.697. The van der Waals surface area contributed by atoms with Gasteiger partial charge in [-0.05, 0) is 49.0 Å². The summed E-state index contributed by atoms with van der Waals surface area (Å²) in [5.41, 5.74) is 1.57. The van der Waals surface area contributed by atoms with Crippen LogP contribution in [0.4, 0.5) is 0 Å². The minimum atomic E-state index is 0.270. The minimum Gasteiger partial charge on any atom is -0.313 e. The largest absolute Gasteiger partial charge is 0.313 e. The number of rotatable bonds is 1. The minimum absolute atomic E-state index is 0.270. The highest BCUT2D eigenvalue weighted by molar-refractivity contribution is 5.26. The topological polar surface area (TPSA) is 12.0 Å². The summed E-state index contributed by atoms with van der Waals surface area (Å²) in [6, 6.07) is 0. The molecule has 0 radical (unpaired) electrons. The first-order valence-corrected chi connectivity index (χ1v) is 6.34. The van der Waals surface area contributed by atoms with Crippen LogP contribution >= 0.6 is 0 Å². The first kappa shape index (κ1) is 11.4. The van der Waals surface area contributed by atoms with Crippen molar-refractivity contribution in [1.82, 2.24) is 5.32 Å². The van der Waals surface area contributed by atoms with E-state index in [9.17, 15) is 0 Å². The number of fused-ring (bicyclic) bond motifs is 2. The van der Waals surface area contributed by atoms with Crippen molar-refractivity contribution in [3.05, 3.63) is 0 Å². The van der Waals surface area contributed by atoms with Gasteiger partial charge in [-0.25, -0.2) is 0 Å². The maximum absolute atomic E-state index is 3.66. The molecule has 0 aromatic carbocycles. The third-order valence-corrected chi connectivity index (χ3v) is 6.99. The summed E-state index contributed by atoms with van der Waals surface area (Å²) in [6.45, 7) is 14.8. The van der Waals surface area contributed by atoms with E-state index < -0.39 is 0 Å². The van der Waals surface area contributed by atoms with Crippen LogP contribution in [0.3, 0.4) is 0 Å². The lowest BCUT2D eigenvalue weighted by atomic mass is 9.58. The van der Waals surface area contributed by atoms with Gasteiger partial charge < -0.3 is 5.32 Å². The Morgan fingerprint density at radius 1 is 0.933 bits per heavy atom. The molecular formula is C14H27N. The zero-order valence-corrected chi connectivity index (χ0v) is 11.5. The van der Waals surface area contributed by atoms with Crippen molar-refractivity contribution in [2.24, 2.45) is 22.2 Å². The maximum Gasteiger partial charge on any atom is 0.0263 e. The van der Waals surface area contributed by atoms with Gasteiger partial charge in [-0.2, -0.15) is 0 Å². The summed E-state index contributed by atoms with van der Waals surface area (Å²) < 4.78 is 0. The molecule has 0 amide bonds. The summed E-state index contributed by atoms with van der Waals surface area (Å²) in [7, 11) is 2.14. The van der Waals surface area contributed by atoms with E-state index in [1.54, 1.807) is 0 Å². The van der Waals surface area contributed by atoms with Gasteiger partial charge in [0.2, 0.25) is 0 Å². The van der Waals surface area contributed by atoms with Gasteiger partial charge >= 0.3 is 0 Å². The fourth-order valence-corrected chi connectivity index (χ4v) is 5.32. The summed E-state index contributed by atoms with van der Waals surface area (Å²) in [4.78, 5) is 0. The van der Waals surface area contributed by atoms with E-state index in [-0.39, 0.29) is 5.54 Å². The molecule has 0 aromatic heterocycles. The molecule has 0 spiro atoms. The highest BCUT2D eigenvalue weighted by Gasteiger charge is 2.74. The molecule has 2 aliphatic carbocycles. The molecule has 15 heavy (non-hydrogen) atoms. The van der Waals surface area contributed by atoms with Crippen molar-refractivity contribution in [3.8, 4) is 0 Å². The molecule has 2 aliphatic rings. The Hall–Kier alpha value is -0.0400. The van der Waals surface area contributed by atoms with Crippen molar-refractivity contribution < 1.29 is 0 Å². The molecule has 2 fully saturated rings. The van der Waals surface area contributed by atoms with Crippen LogP contribution in [0.25, 0.3) is 0 Å². The van der Waals surface area contributed by atoms with Crippen LogP contribution in [0.5, 0.6) is 0 Å². The molecule has 0 aromatic rings. The van der Waals surface area contributed by atoms with E-state index in [0.717, 1.165) is 5.92 Å². The van der Waals surface area contributed by atoms with Gasteiger partial charge in [0.15, 0.2) is 0 Å². The fourth-order valence-electron chi connectivity index (χ4n) is 5.32. The van der Waals surface area contributed by atoms with Crippen LogP contribution in [0, 0.1) is 22.2 Å². The SMILES string of the molecule is CN[C@@]1(C)C(C)(C)[C@H]2CC[C@@]1(C)C2(C)C. The van der Waals surface area contributed by atoms with Crippen LogP contribution in [0.15, 0.2) is 0 Å². The van der Waals surface area contributed by atoms with Crippen LogP contribution in [0.2, 0.25) is 0 Å². The summed E-state index contributed by atoms with van der Waals surface area (Å²) in [6.07, 6.45) is 2.79. The lowest BCUT2D eigenvalue weighted by Crippen LogP contribution is -2.60. The molecule has 0 heterocycles. The van der Waals surface area contributed by atoms with E-state index in [0.29, 0.717) is 16.2 Å². The van der Waals surface area contributed by atoms with E-state index in [4.69, 9.17) is 0 Å². The zero-order valence-electron chi connectivity index (χ0n) is 11.5. The van der Waals surface area contributed by atoms with E-state index in [1.807, 2.05) is 0 Å². The van der Waals surface area contributed by atoms with Gasteiger partial charge in [0.05, 0.1) is 0 Å². The van der Waals surface area contributed by atoms with Crippen LogP contribution in [0.1, 0.15) is 54.4 Å². The van der Waals surface area contributed by atoms with Crippen molar-refractivity contribution in [3.63, 3.8) is 0 Å². The maximum atomic E-state index is 3.66. The lowest BCUT2D eigenvalue weighted by molar-refractivity contribution is 0.0163. The van der Waals surface area contributed by atoms with Gasteiger partial charge in [0, 0.05) is 5.54 Å². The van der Waals surface area contributed by atoms with Crippen molar-refractivity contribution in [1.29, 1.82) is 0 Å². The van der Waals surface area contributed by atoms with Crippen molar-refractivity contribution >= 4 is 0 Å². The number of hydrogen-bond acceptors (Lipinski definition) is 1. The van der Waals surface area contributed by atoms with Crippen LogP contribution in [-0.2, 0) is 0 Å². The third-order valence-electron chi connectivity index (χ3n) is 6.99. The summed E-state index contributed by atoms with van der Waals surface area (Å²) in [5, 5.41) is 3.66. The van der Waals surface area contributed by atoms with Gasteiger partial charge in [-0.3, -0.25) is 0 Å². The zero-order chi connectivity index (χ0) is 11.7. The standard InChI is InChI=1S/C14H27N/c1-11(2)10-8-9-13(11,5)14(6,15-7)12(10,3)4/h10,15H,8-9H2,1-7H3/t10-,13-,14-/m0/s1. The Morgan fingerprint density at radius 3 is 1.73 bits per heavy atom. The van der Waals surface area contributed by atoms with E-state index >= 15 is 0 Å². The third kappa shape index (κ3) is 0.868. The van der Waals surface area contributed by atoms with Crippen LogP contribution < -0.4 is 5.32 Å². The molecule has 88 valence electrons. The van der Waals surface area contributed by atoms with Gasteiger partial charge in [0.25, 0.3) is 0 Å². The number of hydrogen-bond donors (Lipinski definition) is 1. The molecular weight excluding hydrogens is 182 g/mol. The second-order valence-corrected chi connectivity index (χ2v) is 7.24. The molecule has 3 atom stereocenters. The molecule has 1 N–H and O–H groups in total. The van der Waals surface area contributed by atoms with Crippen LogP contribution in [-0.4, -0.2) is 12.6 Å². The Kier molecular flexibility index (Phi) is 1.99. The first-order valence-electron chi connectivity index (χ1n) is 6.34. The fraction of sp³-hybridized carbons (Fsp3) is 1.00. The Balaban J connectivity index is 2.61. The molecule has 1 nitrogen and oxygen atoms in total. The van der Waals surface area contributed by atoms with Crippen molar-refractivity contribution in [2.45, 2.75) is 59.9 Å². The predicted molar refractivity (Wildman–Crippen MR) is 65.9 cm³/mol. The van der Waals surface area contributed by atoms with Gasteiger partial charge in [-0.1, -0.05) is 34.6 Å². The van der Waals surface area contributed by atoms with Gasteiger partial charge in [-0.15, -0.1) is 0 Å². The van der Waals surface area contributed by atoms with E-state index in [2.05, 4.69) is 53.9 Å². The lowest BCUT2D eigenvalue weighted by Gasteiger charge is -2.53. The Labute approximate surface area is 95.0 Å². The Bertz CT molecular complexity index is 290.